The van der Waals surface area contributed by atoms with Gasteiger partial charge >= 0.3 is 0 Å². The summed E-state index contributed by atoms with van der Waals surface area (Å²) >= 11 is 0. The van der Waals surface area contributed by atoms with Gasteiger partial charge in [-0.2, -0.15) is 0 Å². The van der Waals surface area contributed by atoms with Gasteiger partial charge in [-0.05, 0) is 32.8 Å². The molecule has 0 bridgehead atoms. The summed E-state index contributed by atoms with van der Waals surface area (Å²) < 4.78 is 25.7. The Labute approximate surface area is 114 Å². The molecule has 0 saturated carbocycles. The van der Waals surface area contributed by atoms with E-state index in [0.717, 1.165) is 18.7 Å². The lowest BCUT2D eigenvalue weighted by Gasteiger charge is -2.32. The summed E-state index contributed by atoms with van der Waals surface area (Å²) in [5, 5.41) is 2.96. The first-order valence-electron chi connectivity index (χ1n) is 6.51. The average molecular weight is 284 g/mol. The highest BCUT2D eigenvalue weighted by Crippen LogP contribution is 2.19. The highest BCUT2D eigenvalue weighted by molar-refractivity contribution is 7.89. The normalized spacial score (nSPS) is 18.7. The lowest BCUT2D eigenvalue weighted by atomic mass is 10.1. The van der Waals surface area contributed by atoms with Crippen LogP contribution in [0.2, 0.25) is 0 Å². The summed E-state index contributed by atoms with van der Waals surface area (Å²) in [5.74, 6) is 0.792. The van der Waals surface area contributed by atoms with Crippen molar-refractivity contribution in [2.24, 2.45) is 0 Å². The molecule has 0 atom stereocenters. The fourth-order valence-electron chi connectivity index (χ4n) is 2.14. The van der Waals surface area contributed by atoms with Gasteiger partial charge in [-0.15, -0.1) is 0 Å². The van der Waals surface area contributed by atoms with Crippen LogP contribution in [0.5, 0.6) is 0 Å². The minimum absolute atomic E-state index is 0.272. The molecule has 0 spiro atoms. The second-order valence-electron chi connectivity index (χ2n) is 5.01. The molecule has 0 aliphatic carbocycles. The molecule has 0 unspecified atom stereocenters. The lowest BCUT2D eigenvalue weighted by molar-refractivity contribution is 0.327. The maximum atomic E-state index is 12.0. The highest BCUT2D eigenvalue weighted by atomic mass is 32.2. The lowest BCUT2D eigenvalue weighted by Crippen LogP contribution is -2.44. The molecule has 1 aromatic rings. The minimum Gasteiger partial charge on any atom is -0.367 e. The van der Waals surface area contributed by atoms with Crippen LogP contribution in [0.1, 0.15) is 26.7 Å². The molecule has 1 aliphatic rings. The van der Waals surface area contributed by atoms with Gasteiger partial charge in [0.2, 0.25) is 10.0 Å². The molecule has 19 heavy (non-hydrogen) atoms. The van der Waals surface area contributed by atoms with Gasteiger partial charge in [-0.1, -0.05) is 0 Å². The van der Waals surface area contributed by atoms with Crippen LogP contribution < -0.4 is 5.32 Å². The minimum atomic E-state index is -3.12. The van der Waals surface area contributed by atoms with Gasteiger partial charge in [-0.25, -0.2) is 22.7 Å². The molecule has 0 radical (unpaired) electrons. The topological polar surface area (TPSA) is 75.2 Å². The third-order valence-corrected chi connectivity index (χ3v) is 5.62. The zero-order chi connectivity index (χ0) is 13.9. The van der Waals surface area contributed by atoms with Crippen molar-refractivity contribution in [1.82, 2.24) is 14.3 Å². The van der Waals surface area contributed by atoms with E-state index in [1.807, 2.05) is 6.07 Å². The van der Waals surface area contributed by atoms with E-state index in [2.05, 4.69) is 15.3 Å². The molecule has 1 N–H and O–H groups in total. The maximum Gasteiger partial charge on any atom is 0.216 e. The number of sulfonamides is 1. The first kappa shape index (κ1) is 14.2. The first-order chi connectivity index (χ1) is 9.00. The second kappa shape index (κ2) is 5.83. The molecular formula is C12H20N4O2S. The predicted octanol–water partition coefficient (Wildman–Crippen LogP) is 1.09. The molecule has 1 saturated heterocycles. The van der Waals surface area contributed by atoms with Crippen LogP contribution >= 0.6 is 0 Å². The van der Waals surface area contributed by atoms with Crippen LogP contribution in [-0.2, 0) is 10.0 Å². The largest absolute Gasteiger partial charge is 0.367 e. The molecule has 6 nitrogen and oxygen atoms in total. The molecule has 1 aliphatic heterocycles. The smallest absolute Gasteiger partial charge is 0.216 e. The van der Waals surface area contributed by atoms with Crippen molar-refractivity contribution in [3.63, 3.8) is 0 Å². The zero-order valence-electron chi connectivity index (χ0n) is 11.3. The number of hydrogen-bond acceptors (Lipinski definition) is 5. The first-order valence-corrected chi connectivity index (χ1v) is 8.02. The number of nitrogens with one attached hydrogen (secondary N) is 1. The van der Waals surface area contributed by atoms with Crippen LogP contribution in [0.3, 0.4) is 0 Å². The molecule has 2 heterocycles. The van der Waals surface area contributed by atoms with E-state index < -0.39 is 10.0 Å². The van der Waals surface area contributed by atoms with Gasteiger partial charge in [-0.3, -0.25) is 0 Å². The van der Waals surface area contributed by atoms with Gasteiger partial charge in [0.1, 0.15) is 12.1 Å². The number of rotatable bonds is 4. The molecule has 2 rings (SSSR count). The van der Waals surface area contributed by atoms with Crippen molar-refractivity contribution in [2.75, 3.05) is 18.4 Å². The third-order valence-electron chi connectivity index (χ3n) is 3.34. The van der Waals surface area contributed by atoms with Crippen molar-refractivity contribution >= 4 is 15.8 Å². The summed E-state index contributed by atoms with van der Waals surface area (Å²) in [5.41, 5.74) is 0. The monoisotopic (exact) mass is 284 g/mol. The van der Waals surface area contributed by atoms with Crippen molar-refractivity contribution in [3.05, 3.63) is 18.6 Å². The van der Waals surface area contributed by atoms with Crippen LogP contribution in [0.4, 0.5) is 5.82 Å². The molecule has 106 valence electrons. The molecule has 0 aromatic carbocycles. The maximum absolute atomic E-state index is 12.0. The summed E-state index contributed by atoms with van der Waals surface area (Å²) in [6, 6.07) is 2.09. The summed E-state index contributed by atoms with van der Waals surface area (Å²) in [7, 11) is -3.12. The third kappa shape index (κ3) is 3.42. The van der Waals surface area contributed by atoms with Crippen molar-refractivity contribution in [2.45, 2.75) is 38.0 Å². The molecule has 7 heteroatoms. The van der Waals surface area contributed by atoms with E-state index in [1.54, 1.807) is 24.3 Å². The fraction of sp³-hybridized carbons (Fsp3) is 0.667. The van der Waals surface area contributed by atoms with Gasteiger partial charge in [0, 0.05) is 25.3 Å². The van der Waals surface area contributed by atoms with Crippen molar-refractivity contribution in [3.8, 4) is 0 Å². The van der Waals surface area contributed by atoms with Crippen LogP contribution in [-0.4, -0.2) is 47.1 Å². The average Bonchev–Trinajstić information content (AvgIpc) is 2.40. The SMILES string of the molecule is CC(C)S(=O)(=O)N1CCC(Nc2ccncn2)CC1. The number of anilines is 1. The van der Waals surface area contributed by atoms with Gasteiger partial charge < -0.3 is 5.32 Å². The van der Waals surface area contributed by atoms with Gasteiger partial charge in [0.15, 0.2) is 0 Å². The Morgan fingerprint density at radius 3 is 2.58 bits per heavy atom. The molecule has 1 fully saturated rings. The van der Waals surface area contributed by atoms with E-state index in [4.69, 9.17) is 0 Å². The van der Waals surface area contributed by atoms with Gasteiger partial charge in [0.05, 0.1) is 5.25 Å². The molecular weight excluding hydrogens is 264 g/mol. The Balaban J connectivity index is 1.90. The number of aromatic nitrogens is 2. The number of hydrogen-bond donors (Lipinski definition) is 1. The van der Waals surface area contributed by atoms with E-state index in [-0.39, 0.29) is 11.3 Å². The van der Waals surface area contributed by atoms with Gasteiger partial charge in [0.25, 0.3) is 0 Å². The van der Waals surface area contributed by atoms with E-state index in [1.165, 1.54) is 6.33 Å². The zero-order valence-corrected chi connectivity index (χ0v) is 12.1. The van der Waals surface area contributed by atoms with Crippen molar-refractivity contribution < 1.29 is 8.42 Å². The fourth-order valence-corrected chi connectivity index (χ4v) is 3.45. The van der Waals surface area contributed by atoms with E-state index in [9.17, 15) is 8.42 Å². The quantitative estimate of drug-likeness (QED) is 0.896. The molecule has 0 amide bonds. The van der Waals surface area contributed by atoms with E-state index in [0.29, 0.717) is 13.1 Å². The highest BCUT2D eigenvalue weighted by Gasteiger charge is 2.30. The Kier molecular flexibility index (Phi) is 4.36. The Bertz CT molecular complexity index is 496. The number of nitrogens with zero attached hydrogens (tertiary/aromatic N) is 3. The van der Waals surface area contributed by atoms with Crippen molar-refractivity contribution in [1.29, 1.82) is 0 Å². The van der Waals surface area contributed by atoms with Crippen LogP contribution in [0.15, 0.2) is 18.6 Å². The van der Waals surface area contributed by atoms with Crippen LogP contribution in [0, 0.1) is 0 Å². The van der Waals surface area contributed by atoms with E-state index >= 15 is 0 Å². The summed E-state index contributed by atoms with van der Waals surface area (Å²) in [4.78, 5) is 7.98. The standard InChI is InChI=1S/C12H20N4O2S/c1-10(2)19(17,18)16-7-4-11(5-8-16)15-12-3-6-13-9-14-12/h3,6,9-11H,4-5,7-8H2,1-2H3,(H,13,14,15). The molecule has 1 aromatic heterocycles. The number of piperidine rings is 1. The Morgan fingerprint density at radius 1 is 1.37 bits per heavy atom. The summed E-state index contributed by atoms with van der Waals surface area (Å²) in [6.45, 7) is 4.59. The summed E-state index contributed by atoms with van der Waals surface area (Å²) in [6.07, 6.45) is 4.79. The second-order valence-corrected chi connectivity index (χ2v) is 7.50. The Morgan fingerprint density at radius 2 is 2.05 bits per heavy atom. The Hall–Kier alpha value is -1.21. The predicted molar refractivity (Wildman–Crippen MR) is 74.3 cm³/mol. The van der Waals surface area contributed by atoms with Crippen LogP contribution in [0.25, 0.3) is 0 Å².